The van der Waals surface area contributed by atoms with Crippen molar-refractivity contribution < 1.29 is 4.79 Å². The molecule has 108 valence electrons. The Labute approximate surface area is 122 Å². The molecule has 4 nitrogen and oxygen atoms in total. The minimum absolute atomic E-state index is 0.0122. The lowest BCUT2D eigenvalue weighted by molar-refractivity contribution is -0.122. The van der Waals surface area contributed by atoms with E-state index in [4.69, 9.17) is 0 Å². The molecule has 2 saturated carbocycles. The monoisotopic (exact) mass is 292 g/mol. The molecular formula is C15H20N2O2S. The fourth-order valence-electron chi connectivity index (χ4n) is 3.90. The van der Waals surface area contributed by atoms with E-state index in [1.807, 2.05) is 0 Å². The second kappa shape index (κ2) is 4.20. The van der Waals surface area contributed by atoms with Crippen molar-refractivity contribution >= 4 is 17.5 Å². The Morgan fingerprint density at radius 2 is 2.05 bits per heavy atom. The van der Waals surface area contributed by atoms with Crippen LogP contribution in [0.1, 0.15) is 39.3 Å². The number of hydrogen-bond donors (Lipinski definition) is 1. The summed E-state index contributed by atoms with van der Waals surface area (Å²) in [5.41, 5.74) is 0.560. The SMILES string of the molecule is Cc1cc(=O)[nH]c(S[C@@H]2C(=O)[C@H]3CC[C@]2(C)C3(C)C)n1. The Morgan fingerprint density at radius 3 is 2.60 bits per heavy atom. The molecule has 0 aliphatic heterocycles. The summed E-state index contributed by atoms with van der Waals surface area (Å²) in [7, 11) is 0. The van der Waals surface area contributed by atoms with Crippen LogP contribution in [0.15, 0.2) is 16.0 Å². The first-order valence-corrected chi connectivity index (χ1v) is 7.92. The molecule has 1 aromatic heterocycles. The van der Waals surface area contributed by atoms with E-state index in [9.17, 15) is 9.59 Å². The summed E-state index contributed by atoms with van der Waals surface area (Å²) in [6.07, 6.45) is 2.07. The Hall–Kier alpha value is -1.10. The zero-order valence-corrected chi connectivity index (χ0v) is 13.1. The third-order valence-corrected chi connectivity index (χ3v) is 6.96. The van der Waals surface area contributed by atoms with Crippen LogP contribution < -0.4 is 5.56 Å². The van der Waals surface area contributed by atoms with Crippen molar-refractivity contribution in [1.82, 2.24) is 9.97 Å². The molecule has 20 heavy (non-hydrogen) atoms. The van der Waals surface area contributed by atoms with Gasteiger partial charge in [-0.25, -0.2) is 4.98 Å². The van der Waals surface area contributed by atoms with E-state index in [-0.39, 0.29) is 27.6 Å². The van der Waals surface area contributed by atoms with Gasteiger partial charge in [-0.3, -0.25) is 9.59 Å². The third kappa shape index (κ3) is 1.72. The molecule has 0 radical (unpaired) electrons. The summed E-state index contributed by atoms with van der Waals surface area (Å²) < 4.78 is 0. The number of H-pyrrole nitrogens is 1. The molecule has 0 spiro atoms. The summed E-state index contributed by atoms with van der Waals surface area (Å²) in [4.78, 5) is 31.3. The molecule has 2 aliphatic carbocycles. The van der Waals surface area contributed by atoms with Crippen LogP contribution in [-0.4, -0.2) is 21.0 Å². The first-order chi connectivity index (χ1) is 9.25. The quantitative estimate of drug-likeness (QED) is 0.851. The number of hydrogen-bond acceptors (Lipinski definition) is 4. The molecule has 1 aromatic rings. The van der Waals surface area contributed by atoms with E-state index in [2.05, 4.69) is 30.7 Å². The number of rotatable bonds is 2. The average Bonchev–Trinajstić information content (AvgIpc) is 2.62. The average molecular weight is 292 g/mol. The Bertz CT molecular complexity index is 637. The molecule has 2 bridgehead atoms. The van der Waals surface area contributed by atoms with Crippen LogP contribution in [0.3, 0.4) is 0 Å². The summed E-state index contributed by atoms with van der Waals surface area (Å²) >= 11 is 1.44. The van der Waals surface area contributed by atoms with Crippen LogP contribution in [-0.2, 0) is 4.79 Å². The highest BCUT2D eigenvalue weighted by atomic mass is 32.2. The van der Waals surface area contributed by atoms with Gasteiger partial charge in [0.05, 0.1) is 5.25 Å². The number of aromatic amines is 1. The van der Waals surface area contributed by atoms with Crippen molar-refractivity contribution in [3.05, 3.63) is 22.1 Å². The number of nitrogens with one attached hydrogen (secondary N) is 1. The number of fused-ring (bicyclic) bond motifs is 2. The van der Waals surface area contributed by atoms with E-state index < -0.39 is 0 Å². The van der Waals surface area contributed by atoms with Gasteiger partial charge in [-0.15, -0.1) is 0 Å². The zero-order chi connectivity index (χ0) is 14.7. The van der Waals surface area contributed by atoms with E-state index in [0.29, 0.717) is 16.6 Å². The molecule has 3 atom stereocenters. The summed E-state index contributed by atoms with van der Waals surface area (Å²) in [5.74, 6) is 0.486. The number of Topliss-reactive ketones (excluding diaryl/α,β-unsaturated/α-hetero) is 1. The standard InChI is InChI=1S/C15H20N2O2S/c1-8-7-10(18)17-13(16-8)20-12-11(19)9-5-6-15(12,4)14(9,2)3/h7,9,12H,5-6H2,1-4H3,(H,16,17,18)/t9-,12-,15+/m1/s1. The number of thioether (sulfide) groups is 1. The smallest absolute Gasteiger partial charge is 0.251 e. The van der Waals surface area contributed by atoms with Crippen LogP contribution >= 0.6 is 11.8 Å². The van der Waals surface area contributed by atoms with Gasteiger partial charge >= 0.3 is 0 Å². The van der Waals surface area contributed by atoms with Gasteiger partial charge in [0.1, 0.15) is 5.78 Å². The van der Waals surface area contributed by atoms with Gasteiger partial charge in [0.2, 0.25) is 0 Å². The van der Waals surface area contributed by atoms with Gasteiger partial charge in [-0.05, 0) is 30.6 Å². The Morgan fingerprint density at radius 1 is 1.35 bits per heavy atom. The molecule has 1 heterocycles. The van der Waals surface area contributed by atoms with Crippen LogP contribution in [0.2, 0.25) is 0 Å². The predicted molar refractivity (Wildman–Crippen MR) is 78.9 cm³/mol. The minimum Gasteiger partial charge on any atom is -0.301 e. The number of carbonyl (C=O) groups excluding carboxylic acids is 1. The van der Waals surface area contributed by atoms with Gasteiger partial charge in [0.15, 0.2) is 5.16 Å². The van der Waals surface area contributed by atoms with Crippen LogP contribution in [0.4, 0.5) is 0 Å². The number of carbonyl (C=O) groups is 1. The van der Waals surface area contributed by atoms with Crippen molar-refractivity contribution in [1.29, 1.82) is 0 Å². The first-order valence-electron chi connectivity index (χ1n) is 7.04. The number of aromatic nitrogens is 2. The van der Waals surface area contributed by atoms with E-state index in [1.54, 1.807) is 6.92 Å². The minimum atomic E-state index is -0.153. The number of ketones is 1. The van der Waals surface area contributed by atoms with Crippen molar-refractivity contribution in [2.45, 2.75) is 50.9 Å². The fourth-order valence-corrected chi connectivity index (χ4v) is 5.44. The summed E-state index contributed by atoms with van der Waals surface area (Å²) in [6.45, 7) is 8.42. The maximum Gasteiger partial charge on any atom is 0.251 e. The van der Waals surface area contributed by atoms with Gasteiger partial charge in [-0.1, -0.05) is 32.5 Å². The Kier molecular flexibility index (Phi) is 2.91. The second-order valence-corrected chi connectivity index (χ2v) is 7.92. The zero-order valence-electron chi connectivity index (χ0n) is 12.3. The molecule has 0 amide bonds. The third-order valence-electron chi connectivity index (χ3n) is 5.55. The Balaban J connectivity index is 1.96. The van der Waals surface area contributed by atoms with Gasteiger partial charge in [-0.2, -0.15) is 0 Å². The molecule has 0 saturated heterocycles. The highest BCUT2D eigenvalue weighted by Crippen LogP contribution is 2.66. The molecule has 2 fully saturated rings. The predicted octanol–water partition coefficient (Wildman–Crippen LogP) is 2.56. The highest BCUT2D eigenvalue weighted by molar-refractivity contribution is 8.00. The molecule has 3 rings (SSSR count). The lowest BCUT2D eigenvalue weighted by Crippen LogP contribution is -2.36. The van der Waals surface area contributed by atoms with Crippen molar-refractivity contribution in [2.75, 3.05) is 0 Å². The lowest BCUT2D eigenvalue weighted by Gasteiger charge is -2.37. The van der Waals surface area contributed by atoms with E-state index in [1.165, 1.54) is 17.8 Å². The summed E-state index contributed by atoms with van der Waals surface area (Å²) in [6, 6.07) is 1.47. The van der Waals surface area contributed by atoms with E-state index in [0.717, 1.165) is 12.8 Å². The topological polar surface area (TPSA) is 62.8 Å². The highest BCUT2D eigenvalue weighted by Gasteiger charge is 2.66. The number of nitrogens with zero attached hydrogens (tertiary/aromatic N) is 1. The second-order valence-electron chi connectivity index (χ2n) is 6.82. The van der Waals surface area contributed by atoms with E-state index >= 15 is 0 Å². The maximum absolute atomic E-state index is 12.6. The maximum atomic E-state index is 12.6. The van der Waals surface area contributed by atoms with Crippen LogP contribution in [0.25, 0.3) is 0 Å². The molecule has 2 aliphatic rings. The molecule has 0 aromatic carbocycles. The van der Waals surface area contributed by atoms with Crippen molar-refractivity contribution in [3.63, 3.8) is 0 Å². The summed E-state index contributed by atoms with van der Waals surface area (Å²) in [5, 5.41) is 0.471. The molecule has 5 heteroatoms. The van der Waals surface area contributed by atoms with Crippen LogP contribution in [0.5, 0.6) is 0 Å². The fraction of sp³-hybridized carbons (Fsp3) is 0.667. The van der Waals surface area contributed by atoms with Gasteiger partial charge < -0.3 is 4.98 Å². The van der Waals surface area contributed by atoms with Crippen molar-refractivity contribution in [3.8, 4) is 0 Å². The van der Waals surface area contributed by atoms with Gasteiger partial charge in [0, 0.05) is 17.7 Å². The molecule has 0 unspecified atom stereocenters. The molecule has 1 N–H and O–H groups in total. The first kappa shape index (κ1) is 13.9. The lowest BCUT2D eigenvalue weighted by atomic mass is 9.71. The van der Waals surface area contributed by atoms with Crippen molar-refractivity contribution in [2.24, 2.45) is 16.7 Å². The van der Waals surface area contributed by atoms with Gasteiger partial charge in [0.25, 0.3) is 5.56 Å². The van der Waals surface area contributed by atoms with Crippen LogP contribution in [0, 0.1) is 23.7 Å². The molecular weight excluding hydrogens is 272 g/mol. The largest absolute Gasteiger partial charge is 0.301 e. The number of aryl methyl sites for hydroxylation is 1. The normalized spacial score (nSPS) is 34.7.